The number of urea groups is 1. The van der Waals surface area contributed by atoms with Crippen molar-refractivity contribution in [3.63, 3.8) is 0 Å². The summed E-state index contributed by atoms with van der Waals surface area (Å²) >= 11 is 5.83. The van der Waals surface area contributed by atoms with Crippen molar-refractivity contribution in [2.45, 2.75) is 19.1 Å². The topological polar surface area (TPSA) is 121 Å². The molecule has 1 unspecified atom stereocenters. The minimum atomic E-state index is -0.772. The Morgan fingerprint density at radius 1 is 1.19 bits per heavy atom. The van der Waals surface area contributed by atoms with E-state index in [1.54, 1.807) is 24.3 Å². The molecule has 1 heterocycles. The van der Waals surface area contributed by atoms with Gasteiger partial charge in [0.25, 0.3) is 0 Å². The molecule has 1 aromatic carbocycles. The normalized spacial score (nSPS) is 11.5. The van der Waals surface area contributed by atoms with Gasteiger partial charge in [-0.25, -0.2) is 9.59 Å². The van der Waals surface area contributed by atoms with Gasteiger partial charge in [-0.3, -0.25) is 4.79 Å². The Labute approximate surface area is 154 Å². The lowest BCUT2D eigenvalue weighted by Crippen LogP contribution is -2.34. The Kier molecular flexibility index (Phi) is 6.62. The second-order valence-corrected chi connectivity index (χ2v) is 5.67. The van der Waals surface area contributed by atoms with Crippen molar-refractivity contribution in [2.24, 2.45) is 5.73 Å². The number of nitrogens with one attached hydrogen (secondary N) is 1. The number of hydrogen-bond acceptors (Lipinski definition) is 6. The zero-order valence-electron chi connectivity index (χ0n) is 13.9. The monoisotopic (exact) mass is 380 g/mol. The number of furan rings is 1. The van der Waals surface area contributed by atoms with E-state index in [0.29, 0.717) is 10.6 Å². The van der Waals surface area contributed by atoms with Gasteiger partial charge in [-0.15, -0.1) is 0 Å². The van der Waals surface area contributed by atoms with Crippen LogP contribution in [0.5, 0.6) is 0 Å². The van der Waals surface area contributed by atoms with E-state index in [-0.39, 0.29) is 24.5 Å². The molecular weight excluding hydrogens is 364 g/mol. The lowest BCUT2D eigenvalue weighted by molar-refractivity contribution is -0.146. The van der Waals surface area contributed by atoms with Crippen molar-refractivity contribution in [1.29, 1.82) is 0 Å². The van der Waals surface area contributed by atoms with E-state index in [4.69, 9.17) is 26.5 Å². The quantitative estimate of drug-likeness (QED) is 0.712. The maximum atomic E-state index is 12.1. The number of nitrogens with two attached hydrogens (primary N) is 1. The smallest absolute Gasteiger partial charge is 0.373 e. The summed E-state index contributed by atoms with van der Waals surface area (Å²) in [5.74, 6) is -0.927. The Hall–Kier alpha value is -3.00. The average molecular weight is 381 g/mol. The first kappa shape index (κ1) is 19.3. The van der Waals surface area contributed by atoms with Crippen molar-refractivity contribution < 1.29 is 28.3 Å². The lowest BCUT2D eigenvalue weighted by Gasteiger charge is -2.17. The van der Waals surface area contributed by atoms with Crippen LogP contribution in [0.15, 0.2) is 40.8 Å². The molecule has 8 nitrogen and oxygen atoms in total. The molecule has 0 bridgehead atoms. The fourth-order valence-electron chi connectivity index (χ4n) is 2.16. The van der Waals surface area contributed by atoms with Crippen molar-refractivity contribution >= 4 is 29.6 Å². The summed E-state index contributed by atoms with van der Waals surface area (Å²) in [5.41, 5.74) is 5.81. The van der Waals surface area contributed by atoms with Gasteiger partial charge in [-0.1, -0.05) is 23.7 Å². The van der Waals surface area contributed by atoms with Crippen LogP contribution in [0.25, 0.3) is 0 Å². The number of hydrogen-bond donors (Lipinski definition) is 2. The minimum absolute atomic E-state index is 0.00739. The van der Waals surface area contributed by atoms with E-state index in [2.05, 4.69) is 10.1 Å². The van der Waals surface area contributed by atoms with E-state index in [1.165, 1.54) is 19.2 Å². The number of ether oxygens (including phenoxy) is 2. The van der Waals surface area contributed by atoms with E-state index in [1.807, 2.05) is 0 Å². The van der Waals surface area contributed by atoms with Gasteiger partial charge in [0.05, 0.1) is 19.6 Å². The first-order valence-corrected chi connectivity index (χ1v) is 7.91. The van der Waals surface area contributed by atoms with E-state index >= 15 is 0 Å². The molecule has 0 aliphatic heterocycles. The molecule has 0 saturated carbocycles. The number of rotatable bonds is 7. The highest BCUT2D eigenvalue weighted by molar-refractivity contribution is 6.30. The fraction of sp³-hybridized carbons (Fsp3) is 0.235. The zero-order chi connectivity index (χ0) is 19.1. The molecule has 2 aromatic rings. The third-order valence-electron chi connectivity index (χ3n) is 3.38. The second-order valence-electron chi connectivity index (χ2n) is 5.24. The van der Waals surface area contributed by atoms with Crippen LogP contribution in [0.1, 0.15) is 34.3 Å². The molecule has 3 N–H and O–H groups in total. The summed E-state index contributed by atoms with van der Waals surface area (Å²) < 4.78 is 14.8. The van der Waals surface area contributed by atoms with Crippen LogP contribution in [-0.4, -0.2) is 25.1 Å². The van der Waals surface area contributed by atoms with Gasteiger partial charge in [-0.2, -0.15) is 0 Å². The molecule has 0 aliphatic carbocycles. The number of methoxy groups -OCH3 is 1. The van der Waals surface area contributed by atoms with Gasteiger partial charge >= 0.3 is 18.0 Å². The van der Waals surface area contributed by atoms with Gasteiger partial charge in [-0.05, 0) is 29.8 Å². The number of halogens is 1. The summed E-state index contributed by atoms with van der Waals surface area (Å²) in [6.45, 7) is -0.167. The fourth-order valence-corrected chi connectivity index (χ4v) is 2.29. The average Bonchev–Trinajstić information content (AvgIpc) is 3.08. The number of benzene rings is 1. The maximum Gasteiger partial charge on any atom is 0.373 e. The molecule has 0 saturated heterocycles. The zero-order valence-corrected chi connectivity index (χ0v) is 14.6. The highest BCUT2D eigenvalue weighted by atomic mass is 35.5. The Morgan fingerprint density at radius 3 is 2.50 bits per heavy atom. The standard InChI is InChI=1S/C17H17ClN2O6/c1-24-16(22)14-7-6-12(26-14)9-25-15(21)8-13(20-17(19)23)10-2-4-11(18)5-3-10/h2-7,13H,8-9H2,1H3,(H3,19,20,23). The molecule has 0 fully saturated rings. The number of carbonyl (C=O) groups is 3. The molecule has 0 aliphatic rings. The van der Waals surface area contributed by atoms with Gasteiger partial charge in [0.1, 0.15) is 12.4 Å². The SMILES string of the molecule is COC(=O)c1ccc(COC(=O)CC(NC(N)=O)c2ccc(Cl)cc2)o1. The van der Waals surface area contributed by atoms with E-state index in [9.17, 15) is 14.4 Å². The van der Waals surface area contributed by atoms with Crippen molar-refractivity contribution in [2.75, 3.05) is 7.11 Å². The molecule has 138 valence electrons. The maximum absolute atomic E-state index is 12.1. The van der Waals surface area contributed by atoms with Gasteiger partial charge in [0.2, 0.25) is 5.76 Å². The van der Waals surface area contributed by atoms with Crippen LogP contribution in [0.2, 0.25) is 5.02 Å². The first-order valence-electron chi connectivity index (χ1n) is 7.53. The summed E-state index contributed by atoms with van der Waals surface area (Å²) in [7, 11) is 1.23. The summed E-state index contributed by atoms with van der Waals surface area (Å²) in [6.07, 6.45) is -0.144. The first-order chi connectivity index (χ1) is 12.4. The molecular formula is C17H17ClN2O6. The van der Waals surface area contributed by atoms with Crippen LogP contribution in [-0.2, 0) is 20.9 Å². The predicted octanol–water partition coefficient (Wildman–Crippen LogP) is 2.56. The van der Waals surface area contributed by atoms with Crippen LogP contribution in [0.3, 0.4) is 0 Å². The number of primary amides is 1. The molecule has 0 radical (unpaired) electrons. The molecule has 2 amide bonds. The van der Waals surface area contributed by atoms with Crippen molar-refractivity contribution in [1.82, 2.24) is 5.32 Å². The Morgan fingerprint density at radius 2 is 1.88 bits per heavy atom. The third kappa shape index (κ3) is 5.52. The summed E-state index contributed by atoms with van der Waals surface area (Å²) in [5, 5.41) is 3.00. The number of amides is 2. The molecule has 1 aromatic heterocycles. The highest BCUT2D eigenvalue weighted by Crippen LogP contribution is 2.20. The minimum Gasteiger partial charge on any atom is -0.463 e. The molecule has 26 heavy (non-hydrogen) atoms. The molecule has 1 atom stereocenters. The molecule has 2 rings (SSSR count). The van der Waals surface area contributed by atoms with Crippen molar-refractivity contribution in [3.05, 3.63) is 58.5 Å². The van der Waals surface area contributed by atoms with Gasteiger partial charge in [0, 0.05) is 5.02 Å². The largest absolute Gasteiger partial charge is 0.463 e. The highest BCUT2D eigenvalue weighted by Gasteiger charge is 2.19. The predicted molar refractivity (Wildman–Crippen MR) is 91.4 cm³/mol. The second kappa shape index (κ2) is 8.91. The van der Waals surface area contributed by atoms with Crippen molar-refractivity contribution in [3.8, 4) is 0 Å². The third-order valence-corrected chi connectivity index (χ3v) is 3.64. The lowest BCUT2D eigenvalue weighted by atomic mass is 10.0. The summed E-state index contributed by atoms with van der Waals surface area (Å²) in [6, 6.07) is 8.09. The van der Waals surface area contributed by atoms with Gasteiger partial charge in [0.15, 0.2) is 0 Å². The van der Waals surface area contributed by atoms with E-state index < -0.39 is 24.0 Å². The molecule has 9 heteroatoms. The number of carbonyl (C=O) groups excluding carboxylic acids is 3. The van der Waals surface area contributed by atoms with Crippen LogP contribution < -0.4 is 11.1 Å². The number of esters is 2. The van der Waals surface area contributed by atoms with Crippen LogP contribution in [0.4, 0.5) is 4.79 Å². The Bertz CT molecular complexity index is 787. The summed E-state index contributed by atoms with van der Waals surface area (Å²) in [4.78, 5) is 34.6. The Balaban J connectivity index is 1.96. The molecule has 0 spiro atoms. The van der Waals surface area contributed by atoms with Gasteiger partial charge < -0.3 is 24.9 Å². The van der Waals surface area contributed by atoms with Crippen LogP contribution in [0, 0.1) is 0 Å². The van der Waals surface area contributed by atoms with E-state index in [0.717, 1.165) is 0 Å². The van der Waals surface area contributed by atoms with Crippen LogP contribution >= 0.6 is 11.6 Å².